The number of hydrogen-bond donors (Lipinski definition) is 1. The number of ether oxygens (including phenoxy) is 1. The molecule has 5 nitrogen and oxygen atoms in total. The third kappa shape index (κ3) is 3.96. The molecule has 0 bridgehead atoms. The van der Waals surface area contributed by atoms with E-state index in [4.69, 9.17) is 10.5 Å². The van der Waals surface area contributed by atoms with Gasteiger partial charge in [-0.3, -0.25) is 9.00 Å². The first kappa shape index (κ1) is 15.5. The molecule has 0 spiro atoms. The summed E-state index contributed by atoms with van der Waals surface area (Å²) in [7, 11) is 1.75. The fourth-order valence-corrected chi connectivity index (χ4v) is 2.58. The summed E-state index contributed by atoms with van der Waals surface area (Å²) in [5.74, 6) is 0.323. The third-order valence-electron chi connectivity index (χ3n) is 2.89. The Balaban J connectivity index is 2.87. The van der Waals surface area contributed by atoms with E-state index in [1.54, 1.807) is 30.1 Å². The molecule has 0 radical (unpaired) electrons. The van der Waals surface area contributed by atoms with Crippen LogP contribution in [0.15, 0.2) is 23.1 Å². The zero-order valence-electron chi connectivity index (χ0n) is 11.7. The van der Waals surface area contributed by atoms with Crippen LogP contribution < -0.4 is 10.5 Å². The molecule has 1 aromatic carbocycles. The highest BCUT2D eigenvalue weighted by Crippen LogP contribution is 2.23. The van der Waals surface area contributed by atoms with E-state index < -0.39 is 10.8 Å². The second kappa shape index (κ2) is 6.56. The fraction of sp³-hybridized carbons (Fsp3) is 0.462. The van der Waals surface area contributed by atoms with Gasteiger partial charge in [0.1, 0.15) is 11.5 Å². The predicted octanol–water partition coefficient (Wildman–Crippen LogP) is 1.25. The van der Waals surface area contributed by atoms with Crippen LogP contribution in [-0.4, -0.2) is 41.0 Å². The molecule has 0 fully saturated rings. The van der Waals surface area contributed by atoms with Crippen molar-refractivity contribution in [2.45, 2.75) is 24.8 Å². The maximum Gasteiger partial charge on any atom is 0.235 e. The van der Waals surface area contributed by atoms with Gasteiger partial charge in [0.2, 0.25) is 5.91 Å². The lowest BCUT2D eigenvalue weighted by Crippen LogP contribution is -2.36. The van der Waals surface area contributed by atoms with Gasteiger partial charge in [-0.1, -0.05) is 0 Å². The highest BCUT2D eigenvalue weighted by molar-refractivity contribution is 7.86. The Bertz CT molecular complexity index is 489. The van der Waals surface area contributed by atoms with Crippen molar-refractivity contribution in [3.63, 3.8) is 0 Å². The molecule has 1 atom stereocenters. The topological polar surface area (TPSA) is 72.6 Å². The minimum atomic E-state index is -1.47. The van der Waals surface area contributed by atoms with Gasteiger partial charge >= 0.3 is 0 Å². The lowest BCUT2D eigenvalue weighted by Gasteiger charge is -2.21. The Labute approximate surface area is 116 Å². The maximum atomic E-state index is 12.2. The molecule has 0 aliphatic carbocycles. The van der Waals surface area contributed by atoms with Crippen molar-refractivity contribution in [3.05, 3.63) is 18.2 Å². The normalized spacial score (nSPS) is 12.3. The number of rotatable bonds is 5. The van der Waals surface area contributed by atoms with E-state index in [9.17, 15) is 9.00 Å². The quantitative estimate of drug-likeness (QED) is 0.826. The molecule has 6 heteroatoms. The van der Waals surface area contributed by atoms with Gasteiger partial charge in [0, 0.05) is 18.8 Å². The van der Waals surface area contributed by atoms with Gasteiger partial charge in [0.15, 0.2) is 0 Å². The van der Waals surface area contributed by atoms with Gasteiger partial charge in [0.05, 0.1) is 22.8 Å². The van der Waals surface area contributed by atoms with Crippen LogP contribution >= 0.6 is 0 Å². The standard InChI is InChI=1S/C13H20N2O3S/c1-9(2)15(3)13(16)8-19(17)12-7-10(18-4)5-6-11(12)14/h5-7,9H,8,14H2,1-4H3. The molecule has 0 aliphatic rings. The third-order valence-corrected chi connectivity index (χ3v) is 4.24. The van der Waals surface area contributed by atoms with Crippen LogP contribution in [0.1, 0.15) is 13.8 Å². The van der Waals surface area contributed by atoms with E-state index in [-0.39, 0.29) is 17.7 Å². The molecule has 106 valence electrons. The lowest BCUT2D eigenvalue weighted by molar-refractivity contribution is -0.128. The SMILES string of the molecule is COc1ccc(N)c(S(=O)CC(=O)N(C)C(C)C)c1. The van der Waals surface area contributed by atoms with Crippen molar-refractivity contribution in [1.82, 2.24) is 4.90 Å². The van der Waals surface area contributed by atoms with Crippen molar-refractivity contribution < 1.29 is 13.7 Å². The maximum absolute atomic E-state index is 12.2. The van der Waals surface area contributed by atoms with Crippen LogP contribution in [0.5, 0.6) is 5.75 Å². The number of carbonyl (C=O) groups excluding carboxylic acids is 1. The Morgan fingerprint density at radius 2 is 2.11 bits per heavy atom. The van der Waals surface area contributed by atoms with Gasteiger partial charge in [-0.25, -0.2) is 0 Å². The molecule has 0 heterocycles. The number of nitrogen functional groups attached to an aromatic ring is 1. The van der Waals surface area contributed by atoms with Crippen molar-refractivity contribution in [1.29, 1.82) is 0 Å². The van der Waals surface area contributed by atoms with Gasteiger partial charge in [-0.05, 0) is 32.0 Å². The van der Waals surface area contributed by atoms with E-state index in [1.165, 1.54) is 7.11 Å². The summed E-state index contributed by atoms with van der Waals surface area (Å²) in [6.07, 6.45) is 0. The van der Waals surface area contributed by atoms with Crippen LogP contribution in [-0.2, 0) is 15.6 Å². The summed E-state index contributed by atoms with van der Waals surface area (Å²) < 4.78 is 17.3. The summed E-state index contributed by atoms with van der Waals surface area (Å²) in [5, 5.41) is 0. The number of methoxy groups -OCH3 is 1. The first-order valence-electron chi connectivity index (χ1n) is 5.94. The largest absolute Gasteiger partial charge is 0.497 e. The number of nitrogens with zero attached hydrogens (tertiary/aromatic N) is 1. The van der Waals surface area contributed by atoms with Crippen LogP contribution in [0.25, 0.3) is 0 Å². The van der Waals surface area contributed by atoms with Crippen molar-refractivity contribution in [2.24, 2.45) is 0 Å². The Morgan fingerprint density at radius 3 is 2.63 bits per heavy atom. The zero-order valence-corrected chi connectivity index (χ0v) is 12.5. The predicted molar refractivity (Wildman–Crippen MR) is 76.6 cm³/mol. The van der Waals surface area contributed by atoms with Crippen molar-refractivity contribution >= 4 is 22.4 Å². The molecule has 1 rings (SSSR count). The monoisotopic (exact) mass is 284 g/mol. The van der Waals surface area contributed by atoms with Gasteiger partial charge in [-0.2, -0.15) is 0 Å². The van der Waals surface area contributed by atoms with Gasteiger partial charge in [0.25, 0.3) is 0 Å². The minimum absolute atomic E-state index is 0.0761. The highest BCUT2D eigenvalue weighted by Gasteiger charge is 2.18. The molecule has 1 aromatic rings. The lowest BCUT2D eigenvalue weighted by atomic mass is 10.3. The number of amides is 1. The summed E-state index contributed by atoms with van der Waals surface area (Å²) >= 11 is 0. The minimum Gasteiger partial charge on any atom is -0.497 e. The molecule has 1 amide bonds. The van der Waals surface area contributed by atoms with Crippen molar-refractivity contribution in [3.8, 4) is 5.75 Å². The number of carbonyl (C=O) groups is 1. The Kier molecular flexibility index (Phi) is 5.35. The summed E-state index contributed by atoms with van der Waals surface area (Å²) in [5.41, 5.74) is 6.19. The molecule has 0 aromatic heterocycles. The molecular formula is C13H20N2O3S. The van der Waals surface area contributed by atoms with E-state index in [2.05, 4.69) is 0 Å². The molecule has 0 aliphatic heterocycles. The number of nitrogens with two attached hydrogens (primary N) is 1. The molecule has 0 saturated carbocycles. The molecule has 0 saturated heterocycles. The summed E-state index contributed by atoms with van der Waals surface area (Å²) in [4.78, 5) is 13.9. The van der Waals surface area contributed by atoms with Crippen molar-refractivity contribution in [2.75, 3.05) is 25.6 Å². The van der Waals surface area contributed by atoms with Gasteiger partial charge < -0.3 is 15.4 Å². The van der Waals surface area contributed by atoms with Crippen LogP contribution in [0, 0.1) is 0 Å². The molecular weight excluding hydrogens is 264 g/mol. The highest BCUT2D eigenvalue weighted by atomic mass is 32.2. The average Bonchev–Trinajstić information content (AvgIpc) is 2.37. The number of benzene rings is 1. The average molecular weight is 284 g/mol. The van der Waals surface area contributed by atoms with Crippen LogP contribution in [0.2, 0.25) is 0 Å². The van der Waals surface area contributed by atoms with Gasteiger partial charge in [-0.15, -0.1) is 0 Å². The van der Waals surface area contributed by atoms with Crippen LogP contribution in [0.4, 0.5) is 5.69 Å². The van der Waals surface area contributed by atoms with E-state index in [0.29, 0.717) is 16.3 Å². The summed E-state index contributed by atoms with van der Waals surface area (Å²) in [6, 6.07) is 5.00. The fourth-order valence-electron chi connectivity index (χ4n) is 1.42. The van der Waals surface area contributed by atoms with E-state index >= 15 is 0 Å². The number of hydrogen-bond acceptors (Lipinski definition) is 4. The van der Waals surface area contributed by atoms with E-state index in [0.717, 1.165) is 0 Å². The summed E-state index contributed by atoms with van der Waals surface area (Å²) in [6.45, 7) is 3.81. The first-order valence-corrected chi connectivity index (χ1v) is 7.26. The number of anilines is 1. The second-order valence-electron chi connectivity index (χ2n) is 4.49. The zero-order chi connectivity index (χ0) is 14.6. The Hall–Kier alpha value is -1.56. The second-order valence-corrected chi connectivity index (χ2v) is 5.91. The smallest absolute Gasteiger partial charge is 0.235 e. The molecule has 19 heavy (non-hydrogen) atoms. The first-order chi connectivity index (χ1) is 8.86. The molecule has 1 unspecified atom stereocenters. The van der Waals surface area contributed by atoms with E-state index in [1.807, 2.05) is 13.8 Å². The Morgan fingerprint density at radius 1 is 1.47 bits per heavy atom. The molecule has 2 N–H and O–H groups in total. The van der Waals surface area contributed by atoms with Crippen LogP contribution in [0.3, 0.4) is 0 Å².